The fourth-order valence-corrected chi connectivity index (χ4v) is 3.86. The maximum atomic E-state index is 12.0. The number of hydrogen-bond donors (Lipinski definition) is 0. The molecular weight excluding hydrogens is 332 g/mol. The van der Waals surface area contributed by atoms with Gasteiger partial charge in [-0.1, -0.05) is 103 Å². The molecule has 0 aliphatic heterocycles. The van der Waals surface area contributed by atoms with Crippen LogP contribution in [-0.4, -0.2) is 11.6 Å². The van der Waals surface area contributed by atoms with E-state index in [2.05, 4.69) is 6.92 Å². The smallest absolute Gasteiger partial charge is 0.184 e. The third-order valence-electron chi connectivity index (χ3n) is 5.62. The summed E-state index contributed by atoms with van der Waals surface area (Å²) >= 11 is 0. The Bertz CT molecular complexity index is 485. The molecule has 0 saturated carbocycles. The Hall–Kier alpha value is -1.18. The molecule has 1 aliphatic carbocycles. The zero-order chi connectivity index (χ0) is 19.7. The molecule has 0 atom stereocenters. The van der Waals surface area contributed by atoms with Crippen molar-refractivity contribution in [1.29, 1.82) is 0 Å². The highest BCUT2D eigenvalue weighted by Gasteiger charge is 2.17. The quantitative estimate of drug-likeness (QED) is 0.193. The SMILES string of the molecule is CCCCCCCCCCCCCCCCCCC1=CC(=O)C=C(C)C1=O. The minimum atomic E-state index is -0.0291. The van der Waals surface area contributed by atoms with E-state index in [9.17, 15) is 9.59 Å². The van der Waals surface area contributed by atoms with E-state index in [4.69, 9.17) is 0 Å². The van der Waals surface area contributed by atoms with E-state index in [0.717, 1.165) is 12.8 Å². The summed E-state index contributed by atoms with van der Waals surface area (Å²) in [5, 5.41) is 0. The second-order valence-electron chi connectivity index (χ2n) is 8.28. The molecule has 0 spiro atoms. The van der Waals surface area contributed by atoms with E-state index in [0.29, 0.717) is 11.1 Å². The molecular formula is C25H42O2. The Labute approximate surface area is 167 Å². The highest BCUT2D eigenvalue weighted by molar-refractivity contribution is 6.19. The van der Waals surface area contributed by atoms with Crippen molar-refractivity contribution in [2.45, 2.75) is 123 Å². The van der Waals surface area contributed by atoms with Crippen LogP contribution in [0.5, 0.6) is 0 Å². The molecule has 0 N–H and O–H groups in total. The van der Waals surface area contributed by atoms with E-state index in [-0.39, 0.29) is 11.6 Å². The Morgan fingerprint density at radius 2 is 1.00 bits per heavy atom. The van der Waals surface area contributed by atoms with Crippen molar-refractivity contribution >= 4 is 11.6 Å². The first-order chi connectivity index (χ1) is 13.1. The highest BCUT2D eigenvalue weighted by Crippen LogP contribution is 2.19. The summed E-state index contributed by atoms with van der Waals surface area (Å²) in [5.74, 6) is 0.0363. The second kappa shape index (κ2) is 15.8. The van der Waals surface area contributed by atoms with Gasteiger partial charge < -0.3 is 0 Å². The largest absolute Gasteiger partial charge is 0.290 e. The molecule has 0 aromatic carbocycles. The fourth-order valence-electron chi connectivity index (χ4n) is 3.86. The Kier molecular flexibility index (Phi) is 14.0. The Balaban J connectivity index is 1.83. The van der Waals surface area contributed by atoms with Crippen molar-refractivity contribution in [2.75, 3.05) is 0 Å². The topological polar surface area (TPSA) is 34.1 Å². The number of hydrogen-bond acceptors (Lipinski definition) is 2. The van der Waals surface area contributed by atoms with E-state index in [1.165, 1.54) is 108 Å². The zero-order valence-corrected chi connectivity index (χ0v) is 18.0. The third-order valence-corrected chi connectivity index (χ3v) is 5.62. The summed E-state index contributed by atoms with van der Waals surface area (Å²) in [6.07, 6.45) is 25.3. The van der Waals surface area contributed by atoms with Gasteiger partial charge in [0.05, 0.1) is 0 Å². The number of allylic oxidation sites excluding steroid dienone is 4. The van der Waals surface area contributed by atoms with Crippen LogP contribution >= 0.6 is 0 Å². The van der Waals surface area contributed by atoms with Crippen LogP contribution in [0, 0.1) is 0 Å². The van der Waals surface area contributed by atoms with Crippen LogP contribution in [0.2, 0.25) is 0 Å². The van der Waals surface area contributed by atoms with E-state index in [1.807, 2.05) is 0 Å². The number of Topliss-reactive ketones (excluding diaryl/α,β-unsaturated/α-hetero) is 1. The van der Waals surface area contributed by atoms with Crippen molar-refractivity contribution in [3.05, 3.63) is 23.3 Å². The van der Waals surface area contributed by atoms with Gasteiger partial charge in [-0.3, -0.25) is 9.59 Å². The lowest BCUT2D eigenvalue weighted by molar-refractivity contribution is -0.115. The molecule has 2 nitrogen and oxygen atoms in total. The molecule has 2 heteroatoms. The van der Waals surface area contributed by atoms with Gasteiger partial charge in [0.25, 0.3) is 0 Å². The van der Waals surface area contributed by atoms with Crippen LogP contribution in [0.15, 0.2) is 23.3 Å². The lowest BCUT2D eigenvalue weighted by atomic mass is 9.93. The molecule has 154 valence electrons. The molecule has 0 radical (unpaired) electrons. The predicted octanol–water partition coefficient (Wildman–Crippen LogP) is 7.66. The minimum Gasteiger partial charge on any atom is -0.290 e. The maximum absolute atomic E-state index is 12.0. The number of carbonyl (C=O) groups is 2. The highest BCUT2D eigenvalue weighted by atomic mass is 16.1. The van der Waals surface area contributed by atoms with Crippen LogP contribution < -0.4 is 0 Å². The molecule has 0 fully saturated rings. The van der Waals surface area contributed by atoms with Crippen LogP contribution in [0.1, 0.15) is 123 Å². The molecule has 0 aromatic heterocycles. The summed E-state index contributed by atoms with van der Waals surface area (Å²) in [6.45, 7) is 4.01. The van der Waals surface area contributed by atoms with Crippen LogP contribution in [0.3, 0.4) is 0 Å². The first kappa shape index (κ1) is 23.9. The maximum Gasteiger partial charge on any atom is 0.184 e. The van der Waals surface area contributed by atoms with Gasteiger partial charge in [-0.25, -0.2) is 0 Å². The van der Waals surface area contributed by atoms with Gasteiger partial charge in [-0.2, -0.15) is 0 Å². The Morgan fingerprint density at radius 3 is 1.44 bits per heavy atom. The lowest BCUT2D eigenvalue weighted by Gasteiger charge is -2.10. The third kappa shape index (κ3) is 12.0. The minimum absolute atomic E-state index is 0.0291. The van der Waals surface area contributed by atoms with Gasteiger partial charge in [0.2, 0.25) is 0 Å². The van der Waals surface area contributed by atoms with E-state index >= 15 is 0 Å². The monoisotopic (exact) mass is 374 g/mol. The standard InChI is InChI=1S/C25H42O2/c1-3-4-5-6-7-8-9-10-11-12-13-14-15-16-17-18-19-23-21-24(26)20-22(2)25(23)27/h20-21H,3-19H2,1-2H3. The number of rotatable bonds is 17. The molecule has 0 unspecified atom stereocenters. The van der Waals surface area contributed by atoms with Crippen molar-refractivity contribution in [3.63, 3.8) is 0 Å². The lowest BCUT2D eigenvalue weighted by Crippen LogP contribution is -2.12. The van der Waals surface area contributed by atoms with Gasteiger partial charge in [-0.05, 0) is 31.9 Å². The van der Waals surface area contributed by atoms with Crippen LogP contribution in [0.4, 0.5) is 0 Å². The predicted molar refractivity (Wildman–Crippen MR) is 116 cm³/mol. The van der Waals surface area contributed by atoms with Crippen molar-refractivity contribution in [3.8, 4) is 0 Å². The molecule has 1 aliphatic rings. The number of unbranched alkanes of at least 4 members (excludes halogenated alkanes) is 15. The molecule has 0 heterocycles. The summed E-state index contributed by atoms with van der Waals surface area (Å²) in [7, 11) is 0. The molecule has 0 saturated heterocycles. The van der Waals surface area contributed by atoms with Gasteiger partial charge in [-0.15, -0.1) is 0 Å². The normalized spacial score (nSPS) is 14.4. The Morgan fingerprint density at radius 1 is 0.593 bits per heavy atom. The van der Waals surface area contributed by atoms with Gasteiger partial charge in [0.1, 0.15) is 0 Å². The number of ketones is 2. The summed E-state index contributed by atoms with van der Waals surface area (Å²) in [5.41, 5.74) is 1.30. The summed E-state index contributed by atoms with van der Waals surface area (Å²) in [4.78, 5) is 23.5. The average molecular weight is 375 g/mol. The van der Waals surface area contributed by atoms with Crippen LogP contribution in [-0.2, 0) is 9.59 Å². The number of carbonyl (C=O) groups excluding carboxylic acids is 2. The average Bonchev–Trinajstić information content (AvgIpc) is 2.65. The van der Waals surface area contributed by atoms with Crippen molar-refractivity contribution in [2.24, 2.45) is 0 Å². The van der Waals surface area contributed by atoms with Crippen molar-refractivity contribution in [1.82, 2.24) is 0 Å². The first-order valence-electron chi connectivity index (χ1n) is 11.6. The van der Waals surface area contributed by atoms with Gasteiger partial charge in [0.15, 0.2) is 11.6 Å². The van der Waals surface area contributed by atoms with E-state index in [1.54, 1.807) is 6.92 Å². The first-order valence-corrected chi connectivity index (χ1v) is 11.6. The molecule has 1 rings (SSSR count). The molecule has 0 aromatic rings. The second-order valence-corrected chi connectivity index (χ2v) is 8.28. The van der Waals surface area contributed by atoms with Gasteiger partial charge in [0, 0.05) is 11.1 Å². The zero-order valence-electron chi connectivity index (χ0n) is 18.0. The van der Waals surface area contributed by atoms with Crippen LogP contribution in [0.25, 0.3) is 0 Å². The van der Waals surface area contributed by atoms with E-state index < -0.39 is 0 Å². The fraction of sp³-hybridized carbons (Fsp3) is 0.760. The summed E-state index contributed by atoms with van der Waals surface area (Å²) in [6, 6.07) is 0. The van der Waals surface area contributed by atoms with Gasteiger partial charge >= 0.3 is 0 Å². The molecule has 0 bridgehead atoms. The summed E-state index contributed by atoms with van der Waals surface area (Å²) < 4.78 is 0. The molecule has 27 heavy (non-hydrogen) atoms. The van der Waals surface area contributed by atoms with Crippen molar-refractivity contribution < 1.29 is 9.59 Å². The molecule has 0 amide bonds.